The van der Waals surface area contributed by atoms with E-state index in [4.69, 9.17) is 4.74 Å². The molecule has 2 fully saturated rings. The largest absolute Gasteiger partial charge is 0.444 e. The number of aromatic nitrogens is 2. The molecule has 7 heteroatoms. The Morgan fingerprint density at radius 2 is 1.85 bits per heavy atom. The highest BCUT2D eigenvalue weighted by atomic mass is 19.1. The molecular weight excluding hydrogens is 419 g/mol. The molecular formula is C26H31FN4O2. The summed E-state index contributed by atoms with van der Waals surface area (Å²) < 4.78 is 20.7. The Bertz CT molecular complexity index is 1150. The van der Waals surface area contributed by atoms with E-state index in [2.05, 4.69) is 33.5 Å². The summed E-state index contributed by atoms with van der Waals surface area (Å²) in [5.41, 5.74) is 2.44. The molecule has 0 bridgehead atoms. The monoisotopic (exact) mass is 450 g/mol. The second kappa shape index (κ2) is 8.36. The third-order valence-corrected chi connectivity index (χ3v) is 6.47. The fourth-order valence-corrected chi connectivity index (χ4v) is 4.78. The van der Waals surface area contributed by atoms with Gasteiger partial charge in [0.15, 0.2) is 0 Å². The number of fused-ring (bicyclic) bond motifs is 1. The van der Waals surface area contributed by atoms with Crippen molar-refractivity contribution in [1.29, 1.82) is 0 Å². The molecule has 1 aliphatic heterocycles. The van der Waals surface area contributed by atoms with Crippen molar-refractivity contribution in [3.05, 3.63) is 54.5 Å². The summed E-state index contributed by atoms with van der Waals surface area (Å²) in [5.74, 6) is 0.478. The lowest BCUT2D eigenvalue weighted by atomic mass is 10.0. The smallest absolute Gasteiger partial charge is 0.407 e. The highest BCUT2D eigenvalue weighted by molar-refractivity contribution is 5.84. The lowest BCUT2D eigenvalue weighted by Gasteiger charge is -2.31. The Morgan fingerprint density at radius 1 is 1.12 bits per heavy atom. The minimum absolute atomic E-state index is 0.0677. The first kappa shape index (κ1) is 21.7. The van der Waals surface area contributed by atoms with Crippen molar-refractivity contribution in [2.24, 2.45) is 5.92 Å². The van der Waals surface area contributed by atoms with Crippen LogP contribution in [0.25, 0.3) is 16.6 Å². The summed E-state index contributed by atoms with van der Waals surface area (Å²) in [6.07, 6.45) is 6.02. The SMILES string of the molecule is CC(C)(C)OC(=O)N[C@@H]1CCN(c2ccc3c(cnn3-c3ccc(F)cc3)c2)[C@@H]1CC1CC1. The molecule has 6 nitrogen and oxygen atoms in total. The van der Waals surface area contributed by atoms with E-state index in [9.17, 15) is 9.18 Å². The van der Waals surface area contributed by atoms with Crippen molar-refractivity contribution in [2.45, 2.75) is 64.1 Å². The van der Waals surface area contributed by atoms with E-state index in [0.717, 1.165) is 47.6 Å². The van der Waals surface area contributed by atoms with Crippen LogP contribution < -0.4 is 10.2 Å². The number of carbonyl (C=O) groups excluding carboxylic acids is 1. The molecule has 1 N–H and O–H groups in total. The highest BCUT2D eigenvalue weighted by Gasteiger charge is 2.39. The molecule has 2 aromatic carbocycles. The van der Waals surface area contributed by atoms with E-state index < -0.39 is 5.60 Å². The van der Waals surface area contributed by atoms with E-state index in [1.165, 1.54) is 25.0 Å². The zero-order valence-corrected chi connectivity index (χ0v) is 19.4. The number of nitrogens with one attached hydrogen (secondary N) is 1. The van der Waals surface area contributed by atoms with Gasteiger partial charge in [-0.3, -0.25) is 0 Å². The third-order valence-electron chi connectivity index (χ3n) is 6.47. The summed E-state index contributed by atoms with van der Waals surface area (Å²) >= 11 is 0. The van der Waals surface area contributed by atoms with Gasteiger partial charge in [-0.25, -0.2) is 13.9 Å². The van der Waals surface area contributed by atoms with Crippen LogP contribution in [0.15, 0.2) is 48.7 Å². The minimum Gasteiger partial charge on any atom is -0.444 e. The van der Waals surface area contributed by atoms with Crippen molar-refractivity contribution < 1.29 is 13.9 Å². The Hall–Kier alpha value is -3.09. The Morgan fingerprint density at radius 3 is 2.55 bits per heavy atom. The molecule has 0 radical (unpaired) electrons. The quantitative estimate of drug-likeness (QED) is 0.563. The molecule has 174 valence electrons. The number of ether oxygens (including phenoxy) is 1. The van der Waals surface area contributed by atoms with Gasteiger partial charge in [0.05, 0.1) is 23.4 Å². The Balaban J connectivity index is 1.38. The van der Waals surface area contributed by atoms with Crippen LogP contribution in [-0.2, 0) is 4.74 Å². The van der Waals surface area contributed by atoms with Crippen molar-refractivity contribution in [1.82, 2.24) is 15.1 Å². The fraction of sp³-hybridized carbons (Fsp3) is 0.462. The fourth-order valence-electron chi connectivity index (χ4n) is 4.78. The molecule has 2 aliphatic rings. The maximum atomic E-state index is 13.3. The van der Waals surface area contributed by atoms with E-state index in [0.29, 0.717) is 0 Å². The van der Waals surface area contributed by atoms with Gasteiger partial charge in [0.2, 0.25) is 0 Å². The number of alkyl carbamates (subject to hydrolysis) is 1. The summed E-state index contributed by atoms with van der Waals surface area (Å²) in [6.45, 7) is 6.54. The Labute approximate surface area is 193 Å². The molecule has 33 heavy (non-hydrogen) atoms. The van der Waals surface area contributed by atoms with Crippen LogP contribution in [0, 0.1) is 11.7 Å². The summed E-state index contributed by atoms with van der Waals surface area (Å²) in [6, 6.07) is 13.0. The summed E-state index contributed by atoms with van der Waals surface area (Å²) in [7, 11) is 0. The van der Waals surface area contributed by atoms with Crippen LogP contribution in [-0.4, -0.2) is 40.1 Å². The van der Waals surface area contributed by atoms with Gasteiger partial charge in [0.1, 0.15) is 11.4 Å². The predicted molar refractivity (Wildman–Crippen MR) is 127 cm³/mol. The van der Waals surface area contributed by atoms with Gasteiger partial charge < -0.3 is 15.0 Å². The first-order valence-corrected chi connectivity index (χ1v) is 11.8. The van der Waals surface area contributed by atoms with Crippen molar-refractivity contribution >= 4 is 22.7 Å². The van der Waals surface area contributed by atoms with Gasteiger partial charge in [-0.05, 0) is 82.0 Å². The van der Waals surface area contributed by atoms with Gasteiger partial charge in [-0.1, -0.05) is 12.8 Å². The molecule has 1 amide bonds. The number of anilines is 1. The molecule has 0 spiro atoms. The molecule has 1 saturated heterocycles. The van der Waals surface area contributed by atoms with Crippen LogP contribution in [0.4, 0.5) is 14.9 Å². The van der Waals surface area contributed by atoms with Crippen LogP contribution >= 0.6 is 0 Å². The molecule has 1 aromatic heterocycles. The molecule has 1 aliphatic carbocycles. The zero-order chi connectivity index (χ0) is 23.2. The molecule has 2 heterocycles. The van der Waals surface area contributed by atoms with E-state index in [1.54, 1.807) is 12.1 Å². The predicted octanol–water partition coefficient (Wildman–Crippen LogP) is 5.44. The Kier molecular flexibility index (Phi) is 5.51. The lowest BCUT2D eigenvalue weighted by molar-refractivity contribution is 0.0500. The van der Waals surface area contributed by atoms with Gasteiger partial charge in [-0.15, -0.1) is 0 Å². The number of nitrogens with zero attached hydrogens (tertiary/aromatic N) is 3. The van der Waals surface area contributed by atoms with Gasteiger partial charge >= 0.3 is 6.09 Å². The molecule has 5 rings (SSSR count). The summed E-state index contributed by atoms with van der Waals surface area (Å²) in [4.78, 5) is 14.9. The van der Waals surface area contributed by atoms with Crippen molar-refractivity contribution in [3.8, 4) is 5.69 Å². The first-order chi connectivity index (χ1) is 15.8. The second-order valence-corrected chi connectivity index (χ2v) is 10.3. The van der Waals surface area contributed by atoms with Crippen LogP contribution in [0.2, 0.25) is 0 Å². The van der Waals surface area contributed by atoms with Crippen LogP contribution in [0.1, 0.15) is 46.5 Å². The molecule has 2 atom stereocenters. The number of halogens is 1. The highest BCUT2D eigenvalue weighted by Crippen LogP contribution is 2.39. The lowest BCUT2D eigenvalue weighted by Crippen LogP contribution is -2.46. The minimum atomic E-state index is -0.510. The topological polar surface area (TPSA) is 59.4 Å². The molecule has 0 unspecified atom stereocenters. The van der Waals surface area contributed by atoms with Gasteiger partial charge in [-0.2, -0.15) is 5.10 Å². The number of hydrogen-bond acceptors (Lipinski definition) is 4. The number of rotatable bonds is 5. The van der Waals surface area contributed by atoms with Crippen molar-refractivity contribution in [3.63, 3.8) is 0 Å². The summed E-state index contributed by atoms with van der Waals surface area (Å²) in [5, 5.41) is 8.70. The van der Waals surface area contributed by atoms with Gasteiger partial charge in [0.25, 0.3) is 0 Å². The third kappa shape index (κ3) is 4.82. The van der Waals surface area contributed by atoms with Gasteiger partial charge in [0, 0.05) is 23.7 Å². The zero-order valence-electron chi connectivity index (χ0n) is 19.4. The molecule has 3 aromatic rings. The normalized spacial score (nSPS) is 20.9. The first-order valence-electron chi connectivity index (χ1n) is 11.8. The van der Waals surface area contributed by atoms with E-state index >= 15 is 0 Å². The standard InChI is InChI=1S/C26H31FN4O2/c1-26(2,3)33-25(32)29-22-12-13-30(24(22)14-17-4-5-17)21-10-11-23-18(15-21)16-28-31(23)20-8-6-19(27)7-9-20/h6-11,15-17,22,24H,4-5,12-14H2,1-3H3,(H,29,32)/t22-,24-/m1/s1. The number of hydrogen-bond donors (Lipinski definition) is 1. The number of benzene rings is 2. The average molecular weight is 451 g/mol. The second-order valence-electron chi connectivity index (χ2n) is 10.3. The number of carbonyl (C=O) groups is 1. The van der Waals surface area contributed by atoms with E-state index in [-0.39, 0.29) is 24.0 Å². The maximum absolute atomic E-state index is 13.3. The van der Waals surface area contributed by atoms with Crippen molar-refractivity contribution in [2.75, 3.05) is 11.4 Å². The van der Waals surface area contributed by atoms with Crippen LogP contribution in [0.5, 0.6) is 0 Å². The maximum Gasteiger partial charge on any atom is 0.407 e. The molecule has 1 saturated carbocycles. The average Bonchev–Trinajstić information content (AvgIpc) is 3.34. The van der Waals surface area contributed by atoms with Crippen LogP contribution in [0.3, 0.4) is 0 Å². The van der Waals surface area contributed by atoms with E-state index in [1.807, 2.05) is 31.6 Å². The number of amides is 1.